The molecule has 2 amide bonds. The summed E-state index contributed by atoms with van der Waals surface area (Å²) < 4.78 is 2.06. The number of pyridine rings is 1. The summed E-state index contributed by atoms with van der Waals surface area (Å²) >= 11 is 0. The van der Waals surface area contributed by atoms with Crippen molar-refractivity contribution >= 4 is 11.8 Å². The van der Waals surface area contributed by atoms with Crippen LogP contribution < -0.4 is 0 Å². The van der Waals surface area contributed by atoms with Gasteiger partial charge in [0.2, 0.25) is 11.8 Å². The van der Waals surface area contributed by atoms with E-state index in [1.54, 1.807) is 11.1 Å². The molecule has 0 aromatic carbocycles. The first-order valence-corrected chi connectivity index (χ1v) is 9.55. The number of carbonyl (C=O) groups excluding carboxylic acids is 2. The maximum absolute atomic E-state index is 12.9. The lowest BCUT2D eigenvalue weighted by molar-refractivity contribution is -0.136. The third-order valence-electron chi connectivity index (χ3n) is 5.67. The Hall–Kier alpha value is -2.70. The van der Waals surface area contributed by atoms with Gasteiger partial charge < -0.3 is 14.4 Å². The molecule has 2 fully saturated rings. The zero-order chi connectivity index (χ0) is 18.8. The normalized spacial score (nSPS) is 21.1. The predicted molar refractivity (Wildman–Crippen MR) is 99.5 cm³/mol. The van der Waals surface area contributed by atoms with Crippen LogP contribution >= 0.6 is 0 Å². The highest BCUT2D eigenvalue weighted by molar-refractivity contribution is 5.89. The molecule has 2 saturated heterocycles. The maximum Gasteiger partial charge on any atom is 0.227 e. The summed E-state index contributed by atoms with van der Waals surface area (Å²) in [7, 11) is 2.01. The second-order valence-electron chi connectivity index (χ2n) is 7.49. The second kappa shape index (κ2) is 7.50. The van der Waals surface area contributed by atoms with Crippen LogP contribution in [-0.2, 0) is 23.2 Å². The Morgan fingerprint density at radius 3 is 2.67 bits per heavy atom. The second-order valence-corrected chi connectivity index (χ2v) is 7.49. The van der Waals surface area contributed by atoms with Gasteiger partial charge in [0.15, 0.2) is 0 Å². The van der Waals surface area contributed by atoms with Crippen molar-refractivity contribution in [2.45, 2.75) is 31.7 Å². The van der Waals surface area contributed by atoms with Crippen LogP contribution in [0.25, 0.3) is 0 Å². The van der Waals surface area contributed by atoms with Gasteiger partial charge in [0.1, 0.15) is 5.82 Å². The minimum absolute atomic E-state index is 0.0434. The molecule has 1 unspecified atom stereocenters. The molecule has 142 valence electrons. The van der Waals surface area contributed by atoms with E-state index < -0.39 is 0 Å². The van der Waals surface area contributed by atoms with Gasteiger partial charge >= 0.3 is 0 Å². The quantitative estimate of drug-likeness (QED) is 0.822. The van der Waals surface area contributed by atoms with E-state index >= 15 is 0 Å². The van der Waals surface area contributed by atoms with Gasteiger partial charge in [0, 0.05) is 57.6 Å². The van der Waals surface area contributed by atoms with Gasteiger partial charge in [-0.1, -0.05) is 6.07 Å². The van der Waals surface area contributed by atoms with Gasteiger partial charge in [-0.15, -0.1) is 0 Å². The summed E-state index contributed by atoms with van der Waals surface area (Å²) in [6.07, 6.45) is 7.68. The number of nitrogens with zero attached hydrogens (tertiary/aromatic N) is 5. The van der Waals surface area contributed by atoms with Crippen LogP contribution in [0, 0.1) is 5.92 Å². The first-order chi connectivity index (χ1) is 13.1. The average Bonchev–Trinajstić information content (AvgIpc) is 3.28. The predicted octanol–water partition coefficient (Wildman–Crippen LogP) is 1.57. The highest BCUT2D eigenvalue weighted by Crippen LogP contribution is 2.29. The fourth-order valence-electron chi connectivity index (χ4n) is 4.16. The number of imidazole rings is 1. The molecule has 27 heavy (non-hydrogen) atoms. The SMILES string of the molecule is Cn1ccnc1C1CCN(C(=O)C2CC(=O)N(Cc3ccccn3)C2)CC1. The highest BCUT2D eigenvalue weighted by atomic mass is 16.2. The van der Waals surface area contributed by atoms with Crippen LogP contribution in [0.15, 0.2) is 36.8 Å². The van der Waals surface area contributed by atoms with Crippen molar-refractivity contribution < 1.29 is 9.59 Å². The monoisotopic (exact) mass is 367 g/mol. The molecule has 2 aromatic rings. The fourth-order valence-corrected chi connectivity index (χ4v) is 4.16. The summed E-state index contributed by atoms with van der Waals surface area (Å²) in [5.41, 5.74) is 0.856. The van der Waals surface area contributed by atoms with E-state index in [-0.39, 0.29) is 17.7 Å². The maximum atomic E-state index is 12.9. The van der Waals surface area contributed by atoms with Crippen molar-refractivity contribution in [1.29, 1.82) is 0 Å². The Bertz CT molecular complexity index is 811. The minimum Gasteiger partial charge on any atom is -0.342 e. The molecule has 0 saturated carbocycles. The van der Waals surface area contributed by atoms with Crippen LogP contribution in [0.4, 0.5) is 0 Å². The van der Waals surface area contributed by atoms with Crippen molar-refractivity contribution in [3.05, 3.63) is 48.3 Å². The van der Waals surface area contributed by atoms with E-state index in [9.17, 15) is 9.59 Å². The highest BCUT2D eigenvalue weighted by Gasteiger charge is 2.37. The largest absolute Gasteiger partial charge is 0.342 e. The third-order valence-corrected chi connectivity index (χ3v) is 5.67. The smallest absolute Gasteiger partial charge is 0.227 e. The van der Waals surface area contributed by atoms with Crippen molar-refractivity contribution in [3.63, 3.8) is 0 Å². The molecule has 0 radical (unpaired) electrons. The summed E-state index contributed by atoms with van der Waals surface area (Å²) in [5.74, 6) is 1.43. The zero-order valence-electron chi connectivity index (χ0n) is 15.6. The molecule has 0 spiro atoms. The number of hydrogen-bond donors (Lipinski definition) is 0. The molecule has 2 aromatic heterocycles. The number of amides is 2. The molecule has 4 rings (SSSR count). The molecule has 0 N–H and O–H groups in total. The third kappa shape index (κ3) is 3.72. The van der Waals surface area contributed by atoms with Crippen molar-refractivity contribution in [3.8, 4) is 0 Å². The molecule has 7 heteroatoms. The van der Waals surface area contributed by atoms with E-state index in [1.165, 1.54) is 0 Å². The number of likely N-dealkylation sites (tertiary alicyclic amines) is 2. The molecule has 4 heterocycles. The Morgan fingerprint density at radius 1 is 1.19 bits per heavy atom. The Kier molecular flexibility index (Phi) is 4.92. The van der Waals surface area contributed by atoms with Crippen LogP contribution in [0.1, 0.15) is 36.7 Å². The number of aryl methyl sites for hydroxylation is 1. The van der Waals surface area contributed by atoms with Gasteiger partial charge in [0.05, 0.1) is 18.2 Å². The lowest BCUT2D eigenvalue weighted by Crippen LogP contribution is -2.42. The number of rotatable bonds is 4. The van der Waals surface area contributed by atoms with Gasteiger partial charge in [-0.3, -0.25) is 14.6 Å². The molecule has 0 bridgehead atoms. The van der Waals surface area contributed by atoms with Crippen molar-refractivity contribution in [1.82, 2.24) is 24.3 Å². The first kappa shape index (κ1) is 17.7. The van der Waals surface area contributed by atoms with E-state index in [4.69, 9.17) is 0 Å². The Morgan fingerprint density at radius 2 is 2.00 bits per heavy atom. The minimum atomic E-state index is -0.231. The molecule has 2 aliphatic rings. The number of piperidine rings is 1. The van der Waals surface area contributed by atoms with Crippen molar-refractivity contribution in [2.75, 3.05) is 19.6 Å². The standard InChI is InChI=1S/C20H25N5O2/c1-23-11-8-22-19(23)15-5-9-24(10-6-15)20(27)16-12-18(26)25(13-16)14-17-4-2-3-7-21-17/h2-4,7-8,11,15-16H,5-6,9-10,12-14H2,1H3. The lowest BCUT2D eigenvalue weighted by atomic mass is 9.94. The molecule has 7 nitrogen and oxygen atoms in total. The van der Waals surface area contributed by atoms with E-state index in [1.807, 2.05) is 42.5 Å². The fraction of sp³-hybridized carbons (Fsp3) is 0.500. The summed E-state index contributed by atoms with van der Waals surface area (Å²) in [4.78, 5) is 37.7. The number of carbonyl (C=O) groups is 2. The van der Waals surface area contributed by atoms with E-state index in [2.05, 4.69) is 14.5 Å². The molecule has 0 aliphatic carbocycles. The topological polar surface area (TPSA) is 71.3 Å². The van der Waals surface area contributed by atoms with Crippen molar-refractivity contribution in [2.24, 2.45) is 13.0 Å². The van der Waals surface area contributed by atoms with E-state index in [0.717, 1.165) is 37.4 Å². The van der Waals surface area contributed by atoms with E-state index in [0.29, 0.717) is 25.4 Å². The van der Waals surface area contributed by atoms with Gasteiger partial charge in [0.25, 0.3) is 0 Å². The summed E-state index contributed by atoms with van der Waals surface area (Å²) in [6, 6.07) is 5.68. The molecular formula is C20H25N5O2. The number of hydrogen-bond acceptors (Lipinski definition) is 4. The summed E-state index contributed by atoms with van der Waals surface area (Å²) in [6.45, 7) is 2.45. The average molecular weight is 367 g/mol. The van der Waals surface area contributed by atoms with Crippen LogP contribution in [0.5, 0.6) is 0 Å². The van der Waals surface area contributed by atoms with Gasteiger partial charge in [-0.25, -0.2) is 4.98 Å². The van der Waals surface area contributed by atoms with Gasteiger partial charge in [-0.05, 0) is 25.0 Å². The summed E-state index contributed by atoms with van der Waals surface area (Å²) in [5, 5.41) is 0. The molecule has 1 atom stereocenters. The molecule has 2 aliphatic heterocycles. The Balaban J connectivity index is 1.33. The lowest BCUT2D eigenvalue weighted by Gasteiger charge is -2.33. The van der Waals surface area contributed by atoms with Gasteiger partial charge in [-0.2, -0.15) is 0 Å². The molecular weight excluding hydrogens is 342 g/mol. The zero-order valence-corrected chi connectivity index (χ0v) is 15.6. The van der Waals surface area contributed by atoms with Crippen LogP contribution in [0.3, 0.4) is 0 Å². The number of aromatic nitrogens is 3. The van der Waals surface area contributed by atoms with Crippen LogP contribution in [-0.4, -0.2) is 55.8 Å². The van der Waals surface area contributed by atoms with Crippen LogP contribution in [0.2, 0.25) is 0 Å². The first-order valence-electron chi connectivity index (χ1n) is 9.55. The Labute approximate surface area is 159 Å².